The fourth-order valence-corrected chi connectivity index (χ4v) is 1.70. The molecular weight excluding hydrogens is 268 g/mol. The Morgan fingerprint density at radius 1 is 1.33 bits per heavy atom. The van der Waals surface area contributed by atoms with Crippen LogP contribution in [0.4, 0.5) is 4.79 Å². The number of urea groups is 1. The van der Waals surface area contributed by atoms with Gasteiger partial charge >= 0.3 is 6.03 Å². The molecule has 0 aliphatic carbocycles. The first kappa shape index (κ1) is 17.2. The average Bonchev–Trinajstić information content (AvgIpc) is 2.45. The predicted octanol–water partition coefficient (Wildman–Crippen LogP) is 1.79. The lowest BCUT2D eigenvalue weighted by Gasteiger charge is -2.24. The van der Waals surface area contributed by atoms with Crippen molar-refractivity contribution < 1.29 is 14.6 Å². The molecule has 0 aliphatic heterocycles. The van der Waals surface area contributed by atoms with Crippen molar-refractivity contribution in [1.29, 1.82) is 0 Å². The van der Waals surface area contributed by atoms with Crippen LogP contribution in [0.15, 0.2) is 42.5 Å². The van der Waals surface area contributed by atoms with Gasteiger partial charge in [0.25, 0.3) is 0 Å². The highest BCUT2D eigenvalue weighted by Gasteiger charge is 2.23. The zero-order valence-corrected chi connectivity index (χ0v) is 12.7. The first-order chi connectivity index (χ1) is 9.92. The second kappa shape index (κ2) is 8.44. The van der Waals surface area contributed by atoms with E-state index in [4.69, 9.17) is 4.74 Å². The topological polar surface area (TPSA) is 70.6 Å². The molecule has 1 aromatic rings. The lowest BCUT2D eigenvalue weighted by Crippen LogP contribution is -2.44. The molecule has 1 rings (SSSR count). The Balaban J connectivity index is 2.25. The van der Waals surface area contributed by atoms with Crippen LogP contribution in [0.1, 0.15) is 19.4 Å². The van der Waals surface area contributed by atoms with Crippen LogP contribution in [-0.2, 0) is 10.3 Å². The fraction of sp³-hybridized carbons (Fsp3) is 0.438. The number of hydrogen-bond acceptors (Lipinski definition) is 3. The monoisotopic (exact) mass is 292 g/mol. The summed E-state index contributed by atoms with van der Waals surface area (Å²) in [6.45, 7) is 8.73. The van der Waals surface area contributed by atoms with Crippen LogP contribution in [0, 0.1) is 0 Å². The summed E-state index contributed by atoms with van der Waals surface area (Å²) in [7, 11) is 0. The van der Waals surface area contributed by atoms with Gasteiger partial charge < -0.3 is 20.5 Å². The minimum atomic E-state index is -1.10. The Kier molecular flexibility index (Phi) is 6.91. The SMILES string of the molecule is C=C(C)COCCNC(=O)NCC(C)(O)c1ccccc1. The van der Waals surface area contributed by atoms with Gasteiger partial charge in [-0.3, -0.25) is 0 Å². The Bertz CT molecular complexity index is 458. The predicted molar refractivity (Wildman–Crippen MR) is 83.0 cm³/mol. The number of amides is 2. The molecule has 0 spiro atoms. The second-order valence-corrected chi connectivity index (χ2v) is 5.26. The first-order valence-electron chi connectivity index (χ1n) is 6.93. The van der Waals surface area contributed by atoms with E-state index in [-0.39, 0.29) is 12.6 Å². The smallest absolute Gasteiger partial charge is 0.314 e. The lowest BCUT2D eigenvalue weighted by molar-refractivity contribution is 0.0593. The van der Waals surface area contributed by atoms with Crippen molar-refractivity contribution in [1.82, 2.24) is 10.6 Å². The third kappa shape index (κ3) is 6.92. The van der Waals surface area contributed by atoms with Gasteiger partial charge in [-0.25, -0.2) is 4.79 Å². The molecule has 116 valence electrons. The summed E-state index contributed by atoms with van der Waals surface area (Å²) in [6.07, 6.45) is 0. The molecule has 0 saturated heterocycles. The van der Waals surface area contributed by atoms with Crippen molar-refractivity contribution in [3.05, 3.63) is 48.0 Å². The fourth-order valence-electron chi connectivity index (χ4n) is 1.70. The molecule has 3 N–H and O–H groups in total. The van der Waals surface area contributed by atoms with Crippen LogP contribution in [0.25, 0.3) is 0 Å². The van der Waals surface area contributed by atoms with Gasteiger partial charge in [0.1, 0.15) is 5.60 Å². The van der Waals surface area contributed by atoms with Crippen LogP contribution in [0.5, 0.6) is 0 Å². The molecule has 1 unspecified atom stereocenters. The normalized spacial score (nSPS) is 13.3. The molecule has 0 radical (unpaired) electrons. The number of benzene rings is 1. The molecule has 2 amide bonds. The maximum absolute atomic E-state index is 11.6. The van der Waals surface area contributed by atoms with Gasteiger partial charge in [0.15, 0.2) is 0 Å². The van der Waals surface area contributed by atoms with Crippen LogP contribution in [-0.4, -0.2) is 37.4 Å². The largest absolute Gasteiger partial charge is 0.384 e. The van der Waals surface area contributed by atoms with Gasteiger partial charge in [-0.05, 0) is 19.4 Å². The highest BCUT2D eigenvalue weighted by molar-refractivity contribution is 5.73. The lowest BCUT2D eigenvalue weighted by atomic mass is 9.96. The standard InChI is InChI=1S/C16H24N2O3/c1-13(2)11-21-10-9-17-15(19)18-12-16(3,20)14-7-5-4-6-8-14/h4-8,20H,1,9-12H2,2-3H3,(H2,17,18,19). The Labute approximate surface area is 126 Å². The molecule has 0 aromatic heterocycles. The van der Waals surface area contributed by atoms with Crippen molar-refractivity contribution in [3.63, 3.8) is 0 Å². The van der Waals surface area contributed by atoms with E-state index in [1.807, 2.05) is 37.3 Å². The van der Waals surface area contributed by atoms with Gasteiger partial charge in [0, 0.05) is 6.54 Å². The minimum absolute atomic E-state index is 0.134. The number of carbonyl (C=O) groups excluding carboxylic acids is 1. The van der Waals surface area contributed by atoms with Gasteiger partial charge in [0.05, 0.1) is 19.8 Å². The summed E-state index contributed by atoms with van der Waals surface area (Å²) in [5, 5.41) is 15.6. The number of ether oxygens (including phenoxy) is 1. The van der Waals surface area contributed by atoms with Crippen LogP contribution < -0.4 is 10.6 Å². The molecular formula is C16H24N2O3. The van der Waals surface area contributed by atoms with Gasteiger partial charge in [-0.1, -0.05) is 42.5 Å². The first-order valence-corrected chi connectivity index (χ1v) is 6.93. The molecule has 0 fully saturated rings. The number of aliphatic hydroxyl groups is 1. The molecule has 0 saturated carbocycles. The quantitative estimate of drug-likeness (QED) is 0.505. The molecule has 5 heteroatoms. The maximum atomic E-state index is 11.6. The van der Waals surface area contributed by atoms with E-state index in [0.717, 1.165) is 11.1 Å². The highest BCUT2D eigenvalue weighted by atomic mass is 16.5. The van der Waals surface area contributed by atoms with Crippen molar-refractivity contribution >= 4 is 6.03 Å². The van der Waals surface area contributed by atoms with E-state index >= 15 is 0 Å². The summed E-state index contributed by atoms with van der Waals surface area (Å²) in [5.41, 5.74) is 0.600. The Hall–Kier alpha value is -1.85. The third-order valence-corrected chi connectivity index (χ3v) is 2.87. The van der Waals surface area contributed by atoms with Crippen molar-refractivity contribution in [2.24, 2.45) is 0 Å². The molecule has 0 heterocycles. The van der Waals surface area contributed by atoms with Crippen molar-refractivity contribution in [2.75, 3.05) is 26.3 Å². The van der Waals surface area contributed by atoms with E-state index in [0.29, 0.717) is 19.8 Å². The van der Waals surface area contributed by atoms with Gasteiger partial charge in [-0.15, -0.1) is 0 Å². The Morgan fingerprint density at radius 2 is 2.00 bits per heavy atom. The van der Waals surface area contributed by atoms with Gasteiger partial charge in [0.2, 0.25) is 0 Å². The zero-order valence-electron chi connectivity index (χ0n) is 12.7. The molecule has 5 nitrogen and oxygen atoms in total. The average molecular weight is 292 g/mol. The zero-order chi connectivity index (χ0) is 15.7. The van der Waals surface area contributed by atoms with E-state index in [2.05, 4.69) is 17.2 Å². The number of hydrogen-bond donors (Lipinski definition) is 3. The van der Waals surface area contributed by atoms with E-state index in [9.17, 15) is 9.90 Å². The number of rotatable bonds is 8. The molecule has 1 aromatic carbocycles. The van der Waals surface area contributed by atoms with E-state index < -0.39 is 5.60 Å². The van der Waals surface area contributed by atoms with Crippen LogP contribution in [0.2, 0.25) is 0 Å². The Morgan fingerprint density at radius 3 is 2.62 bits per heavy atom. The molecule has 1 atom stereocenters. The second-order valence-electron chi connectivity index (χ2n) is 5.26. The summed E-state index contributed by atoms with van der Waals surface area (Å²) >= 11 is 0. The molecule has 0 bridgehead atoms. The molecule has 21 heavy (non-hydrogen) atoms. The highest BCUT2D eigenvalue weighted by Crippen LogP contribution is 2.18. The summed E-state index contributed by atoms with van der Waals surface area (Å²) in [5.74, 6) is 0. The number of carbonyl (C=O) groups is 1. The van der Waals surface area contributed by atoms with Gasteiger partial charge in [-0.2, -0.15) is 0 Å². The summed E-state index contributed by atoms with van der Waals surface area (Å²) in [4.78, 5) is 11.6. The maximum Gasteiger partial charge on any atom is 0.314 e. The summed E-state index contributed by atoms with van der Waals surface area (Å²) < 4.78 is 5.27. The minimum Gasteiger partial charge on any atom is -0.384 e. The van der Waals surface area contributed by atoms with Crippen LogP contribution in [0.3, 0.4) is 0 Å². The molecule has 0 aliphatic rings. The van der Waals surface area contributed by atoms with Crippen molar-refractivity contribution in [3.8, 4) is 0 Å². The summed E-state index contributed by atoms with van der Waals surface area (Å²) in [6, 6.07) is 8.90. The third-order valence-electron chi connectivity index (χ3n) is 2.87. The number of nitrogens with one attached hydrogen (secondary N) is 2. The van der Waals surface area contributed by atoms with Crippen molar-refractivity contribution in [2.45, 2.75) is 19.4 Å². The van der Waals surface area contributed by atoms with E-state index in [1.165, 1.54) is 0 Å². The van der Waals surface area contributed by atoms with Crippen LogP contribution >= 0.6 is 0 Å². The van der Waals surface area contributed by atoms with E-state index in [1.54, 1.807) is 6.92 Å².